The number of hydrogen-bond acceptors (Lipinski definition) is 4. The summed E-state index contributed by atoms with van der Waals surface area (Å²) in [5.74, 6) is -0.0267. The minimum atomic E-state index is -0.0267. The van der Waals surface area contributed by atoms with Crippen LogP contribution in [-0.4, -0.2) is 46.8 Å². The molecule has 3 aromatic rings. The average molecular weight is 352 g/mol. The number of nitrogens with one attached hydrogen (secondary N) is 1. The van der Waals surface area contributed by atoms with Gasteiger partial charge in [0.05, 0.1) is 16.3 Å². The smallest absolute Gasteiger partial charge is 0.274 e. The third-order valence-electron chi connectivity index (χ3n) is 4.61. The lowest BCUT2D eigenvalue weighted by atomic mass is 10.2. The van der Waals surface area contributed by atoms with Crippen LogP contribution in [0.3, 0.4) is 0 Å². The average Bonchev–Trinajstić information content (AvgIpc) is 3.42. The minimum absolute atomic E-state index is 0.0267. The molecule has 0 radical (unpaired) electrons. The van der Waals surface area contributed by atoms with Crippen LogP contribution >= 0.6 is 11.3 Å². The normalized spacial score (nSPS) is 16.9. The topological polar surface area (TPSA) is 50.2 Å². The zero-order chi connectivity index (χ0) is 17.2. The molecule has 1 amide bonds. The summed E-state index contributed by atoms with van der Waals surface area (Å²) < 4.78 is 1.86. The maximum absolute atomic E-state index is 12.9. The second-order valence-electron chi connectivity index (χ2n) is 6.20. The summed E-state index contributed by atoms with van der Waals surface area (Å²) >= 11 is 1.65. The third-order valence-corrected chi connectivity index (χ3v) is 5.50. The molecule has 1 aliphatic heterocycles. The first-order valence-electron chi connectivity index (χ1n) is 8.41. The van der Waals surface area contributed by atoms with Crippen molar-refractivity contribution in [1.82, 2.24) is 20.0 Å². The van der Waals surface area contributed by atoms with Gasteiger partial charge >= 0.3 is 0 Å². The van der Waals surface area contributed by atoms with Crippen LogP contribution in [0.2, 0.25) is 0 Å². The fourth-order valence-corrected chi connectivity index (χ4v) is 3.89. The summed E-state index contributed by atoms with van der Waals surface area (Å²) in [6, 6.07) is 16.1. The summed E-state index contributed by atoms with van der Waals surface area (Å²) in [6.45, 7) is 1.81. The molecular weight excluding hydrogens is 332 g/mol. The SMILES string of the molecule is CN(C(=O)c1cc(-c2cccs2)n(-c2ccccc2)n1)C1CCNC1. The molecule has 25 heavy (non-hydrogen) atoms. The highest BCUT2D eigenvalue weighted by atomic mass is 32.1. The Morgan fingerprint density at radius 3 is 2.80 bits per heavy atom. The van der Waals surface area contributed by atoms with Crippen molar-refractivity contribution >= 4 is 17.2 Å². The van der Waals surface area contributed by atoms with E-state index in [2.05, 4.69) is 16.5 Å². The highest BCUT2D eigenvalue weighted by Gasteiger charge is 2.26. The van der Waals surface area contributed by atoms with Gasteiger partial charge in [0, 0.05) is 19.6 Å². The van der Waals surface area contributed by atoms with E-state index in [0.29, 0.717) is 5.69 Å². The van der Waals surface area contributed by atoms with E-state index in [-0.39, 0.29) is 11.9 Å². The molecule has 4 rings (SSSR count). The standard InChI is InChI=1S/C19H20N4OS/c1-22(15-9-10-20-13-15)19(24)16-12-17(18-8-5-11-25-18)23(21-16)14-6-3-2-4-7-14/h2-8,11-12,15,20H,9-10,13H2,1H3. The highest BCUT2D eigenvalue weighted by molar-refractivity contribution is 7.13. The molecule has 5 nitrogen and oxygen atoms in total. The van der Waals surface area contributed by atoms with Crippen molar-refractivity contribution in [2.24, 2.45) is 0 Å². The number of rotatable bonds is 4. The maximum Gasteiger partial charge on any atom is 0.274 e. The Morgan fingerprint density at radius 2 is 2.12 bits per heavy atom. The molecule has 0 saturated carbocycles. The molecular formula is C19H20N4OS. The number of nitrogens with zero attached hydrogens (tertiary/aromatic N) is 3. The highest BCUT2D eigenvalue weighted by Crippen LogP contribution is 2.28. The van der Waals surface area contributed by atoms with Crippen molar-refractivity contribution in [1.29, 1.82) is 0 Å². The molecule has 0 spiro atoms. The van der Waals surface area contributed by atoms with Gasteiger partial charge in [0.2, 0.25) is 0 Å². The first-order valence-corrected chi connectivity index (χ1v) is 9.29. The van der Waals surface area contributed by atoms with Gasteiger partial charge in [0.1, 0.15) is 0 Å². The van der Waals surface area contributed by atoms with Crippen molar-refractivity contribution in [3.8, 4) is 16.3 Å². The number of hydrogen-bond donors (Lipinski definition) is 1. The minimum Gasteiger partial charge on any atom is -0.336 e. The predicted octanol–water partition coefficient (Wildman–Crippen LogP) is 3.03. The van der Waals surface area contributed by atoms with Gasteiger partial charge in [-0.05, 0) is 42.6 Å². The van der Waals surface area contributed by atoms with Crippen LogP contribution in [0, 0.1) is 0 Å². The summed E-state index contributed by atoms with van der Waals surface area (Å²) in [6.07, 6.45) is 0.986. The molecule has 1 N–H and O–H groups in total. The zero-order valence-corrected chi connectivity index (χ0v) is 14.9. The Hall–Kier alpha value is -2.44. The zero-order valence-electron chi connectivity index (χ0n) is 14.1. The van der Waals surface area contributed by atoms with Crippen LogP contribution in [0.4, 0.5) is 0 Å². The molecule has 128 valence electrons. The van der Waals surface area contributed by atoms with Gasteiger partial charge < -0.3 is 10.2 Å². The number of aromatic nitrogens is 2. The first kappa shape index (κ1) is 16.1. The van der Waals surface area contributed by atoms with Crippen LogP contribution in [-0.2, 0) is 0 Å². The Morgan fingerprint density at radius 1 is 1.28 bits per heavy atom. The maximum atomic E-state index is 12.9. The summed E-state index contributed by atoms with van der Waals surface area (Å²) in [7, 11) is 1.87. The van der Waals surface area contributed by atoms with Crippen molar-refractivity contribution in [3.05, 3.63) is 59.6 Å². The lowest BCUT2D eigenvalue weighted by Crippen LogP contribution is -2.38. The van der Waals surface area contributed by atoms with Gasteiger partial charge in [0.25, 0.3) is 5.91 Å². The Labute approximate surface area is 150 Å². The number of para-hydroxylation sites is 1. The number of benzene rings is 1. The molecule has 1 fully saturated rings. The number of amides is 1. The monoisotopic (exact) mass is 352 g/mol. The van der Waals surface area contributed by atoms with E-state index in [0.717, 1.165) is 35.8 Å². The predicted molar refractivity (Wildman–Crippen MR) is 100 cm³/mol. The van der Waals surface area contributed by atoms with Gasteiger partial charge in [-0.25, -0.2) is 4.68 Å². The van der Waals surface area contributed by atoms with Crippen LogP contribution in [0.15, 0.2) is 53.9 Å². The van der Waals surface area contributed by atoms with E-state index in [1.807, 2.05) is 64.5 Å². The van der Waals surface area contributed by atoms with Crippen LogP contribution in [0.25, 0.3) is 16.3 Å². The van der Waals surface area contributed by atoms with Crippen LogP contribution in [0.5, 0.6) is 0 Å². The fraction of sp³-hybridized carbons (Fsp3) is 0.263. The van der Waals surface area contributed by atoms with Gasteiger partial charge in [-0.2, -0.15) is 5.10 Å². The molecule has 1 unspecified atom stereocenters. The Kier molecular flexibility index (Phi) is 4.38. The number of carbonyl (C=O) groups is 1. The Bertz CT molecular complexity index is 851. The molecule has 3 heterocycles. The number of carbonyl (C=O) groups excluding carboxylic acids is 1. The second-order valence-corrected chi connectivity index (χ2v) is 7.15. The molecule has 6 heteroatoms. The number of thiophene rings is 1. The largest absolute Gasteiger partial charge is 0.336 e. The molecule has 1 aromatic carbocycles. The van der Waals surface area contributed by atoms with Crippen LogP contribution < -0.4 is 5.32 Å². The van der Waals surface area contributed by atoms with E-state index in [1.165, 1.54) is 0 Å². The second kappa shape index (κ2) is 6.82. The lowest BCUT2D eigenvalue weighted by molar-refractivity contribution is 0.0737. The van der Waals surface area contributed by atoms with Crippen LogP contribution in [0.1, 0.15) is 16.9 Å². The molecule has 2 aromatic heterocycles. The summed E-state index contributed by atoms with van der Waals surface area (Å²) in [5, 5.41) is 9.98. The van der Waals surface area contributed by atoms with Crippen molar-refractivity contribution in [3.63, 3.8) is 0 Å². The van der Waals surface area contributed by atoms with Crippen molar-refractivity contribution in [2.45, 2.75) is 12.5 Å². The Balaban J connectivity index is 1.73. The lowest BCUT2D eigenvalue weighted by Gasteiger charge is -2.22. The van der Waals surface area contributed by atoms with Gasteiger partial charge in [-0.3, -0.25) is 4.79 Å². The first-order chi connectivity index (χ1) is 12.2. The van der Waals surface area contributed by atoms with Crippen molar-refractivity contribution in [2.75, 3.05) is 20.1 Å². The van der Waals surface area contributed by atoms with Gasteiger partial charge in [0.15, 0.2) is 5.69 Å². The third kappa shape index (κ3) is 3.10. The fourth-order valence-electron chi connectivity index (χ4n) is 3.17. The quantitative estimate of drug-likeness (QED) is 0.785. The van der Waals surface area contributed by atoms with Gasteiger partial charge in [-0.15, -0.1) is 11.3 Å². The molecule has 1 saturated heterocycles. The summed E-state index contributed by atoms with van der Waals surface area (Å²) in [5.41, 5.74) is 2.39. The van der Waals surface area contributed by atoms with Gasteiger partial charge in [-0.1, -0.05) is 24.3 Å². The molecule has 0 aliphatic carbocycles. The van der Waals surface area contributed by atoms with E-state index < -0.39 is 0 Å². The molecule has 1 aliphatic rings. The van der Waals surface area contributed by atoms with E-state index in [9.17, 15) is 4.79 Å². The van der Waals surface area contributed by atoms with E-state index in [1.54, 1.807) is 11.3 Å². The van der Waals surface area contributed by atoms with E-state index in [4.69, 9.17) is 0 Å². The molecule has 0 bridgehead atoms. The summed E-state index contributed by atoms with van der Waals surface area (Å²) in [4.78, 5) is 15.8. The van der Waals surface area contributed by atoms with Crippen molar-refractivity contribution < 1.29 is 4.79 Å². The van der Waals surface area contributed by atoms with E-state index >= 15 is 0 Å². The number of likely N-dealkylation sites (N-methyl/N-ethyl adjacent to an activating group) is 1. The molecule has 1 atom stereocenters.